The van der Waals surface area contributed by atoms with Crippen LogP contribution in [0.2, 0.25) is 0 Å². The Morgan fingerprint density at radius 1 is 0.909 bits per heavy atom. The first kappa shape index (κ1) is 22.0. The smallest absolute Gasteiger partial charge is 0.319 e. The first-order valence-electron chi connectivity index (χ1n) is 10.8. The Labute approximate surface area is 192 Å². The topological polar surface area (TPSA) is 101 Å². The van der Waals surface area contributed by atoms with Gasteiger partial charge in [-0.1, -0.05) is 41.6 Å². The zero-order chi connectivity index (χ0) is 23.2. The van der Waals surface area contributed by atoms with Crippen LogP contribution in [0.15, 0.2) is 72.8 Å². The van der Waals surface area contributed by atoms with Crippen molar-refractivity contribution in [3.63, 3.8) is 0 Å². The first-order valence-corrected chi connectivity index (χ1v) is 10.8. The lowest BCUT2D eigenvalue weighted by Crippen LogP contribution is -2.34. The minimum absolute atomic E-state index is 0.0657. The third-order valence-electron chi connectivity index (χ3n) is 5.05. The monoisotopic (exact) mass is 442 g/mol. The predicted molar refractivity (Wildman–Crippen MR) is 128 cm³/mol. The summed E-state index contributed by atoms with van der Waals surface area (Å²) in [5, 5.41) is 16.8. The molecule has 0 saturated carbocycles. The van der Waals surface area contributed by atoms with E-state index in [-0.39, 0.29) is 18.0 Å². The van der Waals surface area contributed by atoms with Crippen LogP contribution in [-0.4, -0.2) is 33.0 Å². The fraction of sp³-hybridized carbons (Fsp3) is 0.200. The highest BCUT2D eigenvalue weighted by Crippen LogP contribution is 2.13. The predicted octanol–water partition coefficient (Wildman–Crippen LogP) is 3.94. The number of carbonyl (C=O) groups excluding carboxylic acids is 2. The number of aromatic nitrogens is 3. The van der Waals surface area contributed by atoms with Crippen LogP contribution >= 0.6 is 0 Å². The van der Waals surface area contributed by atoms with Crippen molar-refractivity contribution in [2.45, 2.75) is 33.0 Å². The summed E-state index contributed by atoms with van der Waals surface area (Å²) in [6.07, 6.45) is 0. The maximum Gasteiger partial charge on any atom is 0.319 e. The Balaban J connectivity index is 1.30. The Morgan fingerprint density at radius 2 is 1.61 bits per heavy atom. The summed E-state index contributed by atoms with van der Waals surface area (Å²) in [6, 6.07) is 22.5. The molecule has 0 spiro atoms. The Morgan fingerprint density at radius 3 is 2.33 bits per heavy atom. The molecule has 0 aliphatic rings. The molecule has 1 heterocycles. The molecule has 0 aliphatic carbocycles. The molecule has 0 bridgehead atoms. The third-order valence-corrected chi connectivity index (χ3v) is 5.05. The quantitative estimate of drug-likeness (QED) is 0.404. The van der Waals surface area contributed by atoms with E-state index in [0.29, 0.717) is 24.3 Å². The second-order valence-electron chi connectivity index (χ2n) is 8.07. The van der Waals surface area contributed by atoms with Crippen LogP contribution in [0.25, 0.3) is 11.0 Å². The van der Waals surface area contributed by atoms with Crippen molar-refractivity contribution >= 4 is 28.7 Å². The van der Waals surface area contributed by atoms with Gasteiger partial charge in [-0.05, 0) is 61.4 Å². The summed E-state index contributed by atoms with van der Waals surface area (Å²) in [5.74, 6) is -0.147. The lowest BCUT2D eigenvalue weighted by atomic mass is 10.1. The number of benzene rings is 3. The first-order chi connectivity index (χ1) is 16.0. The lowest BCUT2D eigenvalue weighted by Gasteiger charge is -2.11. The normalized spacial score (nSPS) is 10.9. The fourth-order valence-electron chi connectivity index (χ4n) is 3.39. The van der Waals surface area contributed by atoms with E-state index in [4.69, 9.17) is 0 Å². The molecule has 0 saturated heterocycles. The molecule has 3 aromatic carbocycles. The number of carbonyl (C=O) groups is 2. The van der Waals surface area contributed by atoms with Crippen LogP contribution in [0.5, 0.6) is 0 Å². The van der Waals surface area contributed by atoms with Gasteiger partial charge >= 0.3 is 6.03 Å². The van der Waals surface area contributed by atoms with Crippen LogP contribution in [0.1, 0.15) is 35.3 Å². The van der Waals surface area contributed by atoms with E-state index in [2.05, 4.69) is 26.3 Å². The average molecular weight is 443 g/mol. The molecule has 33 heavy (non-hydrogen) atoms. The molecular weight excluding hydrogens is 416 g/mol. The number of hydrogen-bond donors (Lipinski definition) is 3. The highest BCUT2D eigenvalue weighted by atomic mass is 16.2. The van der Waals surface area contributed by atoms with Gasteiger partial charge in [0.2, 0.25) is 0 Å². The molecule has 0 fully saturated rings. The number of urea groups is 1. The van der Waals surface area contributed by atoms with Crippen molar-refractivity contribution in [2.75, 3.05) is 5.32 Å². The maximum atomic E-state index is 12.5. The molecule has 1 aromatic heterocycles. The summed E-state index contributed by atoms with van der Waals surface area (Å²) < 4.78 is 1.84. The van der Waals surface area contributed by atoms with Gasteiger partial charge in [0.1, 0.15) is 5.52 Å². The maximum absolute atomic E-state index is 12.5. The van der Waals surface area contributed by atoms with Crippen LogP contribution in [-0.2, 0) is 13.1 Å². The third kappa shape index (κ3) is 5.74. The molecule has 0 unspecified atom stereocenters. The number of rotatable bonds is 7. The molecule has 0 atom stereocenters. The fourth-order valence-corrected chi connectivity index (χ4v) is 3.39. The largest absolute Gasteiger partial charge is 0.348 e. The molecule has 8 heteroatoms. The van der Waals surface area contributed by atoms with Gasteiger partial charge in [0.25, 0.3) is 5.91 Å². The molecular formula is C25H26N6O2. The van der Waals surface area contributed by atoms with E-state index in [1.54, 1.807) is 0 Å². The van der Waals surface area contributed by atoms with E-state index >= 15 is 0 Å². The molecule has 0 aliphatic heterocycles. The van der Waals surface area contributed by atoms with Crippen molar-refractivity contribution in [1.82, 2.24) is 25.6 Å². The zero-order valence-corrected chi connectivity index (χ0v) is 18.6. The highest BCUT2D eigenvalue weighted by molar-refractivity contribution is 5.94. The molecule has 0 radical (unpaired) electrons. The van der Waals surface area contributed by atoms with Crippen molar-refractivity contribution in [3.8, 4) is 0 Å². The van der Waals surface area contributed by atoms with Crippen molar-refractivity contribution in [2.24, 2.45) is 0 Å². The van der Waals surface area contributed by atoms with Gasteiger partial charge in [0.15, 0.2) is 0 Å². The van der Waals surface area contributed by atoms with Gasteiger partial charge in [0, 0.05) is 23.8 Å². The molecule has 168 valence electrons. The number of nitrogens with zero attached hydrogens (tertiary/aromatic N) is 3. The van der Waals surface area contributed by atoms with E-state index in [1.165, 1.54) is 0 Å². The van der Waals surface area contributed by atoms with Gasteiger partial charge in [-0.25, -0.2) is 9.48 Å². The molecule has 3 N–H and O–H groups in total. The van der Waals surface area contributed by atoms with E-state index in [1.807, 2.05) is 91.3 Å². The lowest BCUT2D eigenvalue weighted by molar-refractivity contribution is 0.0951. The van der Waals surface area contributed by atoms with Crippen LogP contribution in [0.3, 0.4) is 0 Å². The Bertz CT molecular complexity index is 1250. The summed E-state index contributed by atoms with van der Waals surface area (Å²) in [5.41, 5.74) is 5.08. The SMILES string of the molecule is CC(C)NC(=O)Nc1ccc(CNC(=O)c2ccc(Cn3nnc4ccccc43)cc2)cc1. The molecule has 8 nitrogen and oxygen atoms in total. The second-order valence-corrected chi connectivity index (χ2v) is 8.07. The summed E-state index contributed by atoms with van der Waals surface area (Å²) in [4.78, 5) is 24.3. The summed E-state index contributed by atoms with van der Waals surface area (Å²) in [6.45, 7) is 4.78. The standard InChI is InChI=1S/C25H26N6O2/c1-17(2)27-25(33)28-21-13-9-18(10-14-21)15-26-24(32)20-11-7-19(8-12-20)16-31-23-6-4-3-5-22(23)29-30-31/h3-14,17H,15-16H2,1-2H3,(H,26,32)(H2,27,28,33). The minimum Gasteiger partial charge on any atom is -0.348 e. The molecule has 4 rings (SSSR count). The van der Waals surface area contributed by atoms with Gasteiger partial charge in [-0.3, -0.25) is 4.79 Å². The highest BCUT2D eigenvalue weighted by Gasteiger charge is 2.08. The number of hydrogen-bond acceptors (Lipinski definition) is 4. The van der Waals surface area contributed by atoms with Gasteiger partial charge in [-0.15, -0.1) is 5.10 Å². The Kier molecular flexibility index (Phi) is 6.64. The van der Waals surface area contributed by atoms with Crippen molar-refractivity contribution < 1.29 is 9.59 Å². The van der Waals surface area contributed by atoms with Crippen LogP contribution in [0, 0.1) is 0 Å². The van der Waals surface area contributed by atoms with E-state index in [0.717, 1.165) is 22.2 Å². The van der Waals surface area contributed by atoms with E-state index < -0.39 is 0 Å². The molecule has 4 aromatic rings. The number of fused-ring (bicyclic) bond motifs is 1. The number of anilines is 1. The Hall–Kier alpha value is -4.20. The minimum atomic E-state index is -0.244. The van der Waals surface area contributed by atoms with Crippen molar-refractivity contribution in [3.05, 3.63) is 89.5 Å². The molecule has 3 amide bonds. The zero-order valence-electron chi connectivity index (χ0n) is 18.6. The number of nitrogens with one attached hydrogen (secondary N) is 3. The second kappa shape index (κ2) is 9.95. The van der Waals surface area contributed by atoms with Crippen LogP contribution < -0.4 is 16.0 Å². The average Bonchev–Trinajstić information content (AvgIpc) is 3.21. The number of amides is 3. The van der Waals surface area contributed by atoms with Crippen LogP contribution in [0.4, 0.5) is 10.5 Å². The van der Waals surface area contributed by atoms with Crippen molar-refractivity contribution in [1.29, 1.82) is 0 Å². The summed E-state index contributed by atoms with van der Waals surface area (Å²) in [7, 11) is 0. The van der Waals surface area contributed by atoms with Gasteiger partial charge < -0.3 is 16.0 Å². The number of para-hydroxylation sites is 1. The summed E-state index contributed by atoms with van der Waals surface area (Å²) >= 11 is 0. The van der Waals surface area contributed by atoms with Gasteiger partial charge in [-0.2, -0.15) is 0 Å². The van der Waals surface area contributed by atoms with E-state index in [9.17, 15) is 9.59 Å². The van der Waals surface area contributed by atoms with Gasteiger partial charge in [0.05, 0.1) is 12.1 Å².